The van der Waals surface area contributed by atoms with Crippen molar-refractivity contribution >= 4 is 23.3 Å². The maximum absolute atomic E-state index is 12.3. The second kappa shape index (κ2) is 5.08. The molecule has 0 radical (unpaired) electrons. The molecular weight excluding hydrogens is 232 g/mol. The van der Waals surface area contributed by atoms with Crippen molar-refractivity contribution in [1.82, 2.24) is 0 Å². The molecule has 0 heterocycles. The zero-order valence-electron chi connectivity index (χ0n) is 10.8. The molecule has 18 heavy (non-hydrogen) atoms. The summed E-state index contributed by atoms with van der Waals surface area (Å²) < 4.78 is 0. The van der Waals surface area contributed by atoms with Crippen LogP contribution in [0.5, 0.6) is 0 Å². The third kappa shape index (κ3) is 3.23. The summed E-state index contributed by atoms with van der Waals surface area (Å²) in [6.45, 7) is 4.82. The molecule has 0 aliphatic carbocycles. The van der Waals surface area contributed by atoms with E-state index in [4.69, 9.17) is 10.8 Å². The number of benzene rings is 1. The number of nitrogen functional groups attached to an aromatic ring is 1. The van der Waals surface area contributed by atoms with Gasteiger partial charge in [-0.25, -0.2) is 0 Å². The first kappa shape index (κ1) is 14.0. The Bertz CT molecular complexity index is 464. The van der Waals surface area contributed by atoms with Gasteiger partial charge in [-0.15, -0.1) is 0 Å². The lowest BCUT2D eigenvalue weighted by atomic mass is 9.94. The normalized spacial score (nSPS) is 11.1. The summed E-state index contributed by atoms with van der Waals surface area (Å²) in [6.07, 6.45) is 0. The number of rotatable bonds is 3. The molecule has 5 nitrogen and oxygen atoms in total. The lowest BCUT2D eigenvalue weighted by Crippen LogP contribution is -2.42. The average Bonchev–Trinajstić information content (AvgIpc) is 2.24. The van der Waals surface area contributed by atoms with Gasteiger partial charge in [-0.2, -0.15) is 0 Å². The highest BCUT2D eigenvalue weighted by molar-refractivity contribution is 6.02. The number of aliphatic carboxylic acids is 1. The largest absolute Gasteiger partial charge is 0.480 e. The molecule has 1 amide bonds. The molecule has 0 saturated carbocycles. The highest BCUT2D eigenvalue weighted by Gasteiger charge is 2.30. The van der Waals surface area contributed by atoms with Crippen LogP contribution in [0.2, 0.25) is 0 Å². The maximum Gasteiger partial charge on any atom is 0.323 e. The number of carboxylic acid groups (broad SMARTS) is 1. The zero-order chi connectivity index (χ0) is 13.9. The van der Waals surface area contributed by atoms with Crippen LogP contribution >= 0.6 is 0 Å². The topological polar surface area (TPSA) is 83.6 Å². The molecule has 0 fully saturated rings. The maximum atomic E-state index is 12.3. The van der Waals surface area contributed by atoms with Gasteiger partial charge in [-0.1, -0.05) is 32.9 Å². The number of amides is 1. The SMILES string of the molecule is CC(C)(C)C(=O)N(CC(=O)O)c1ccccc1N. The predicted molar refractivity (Wildman–Crippen MR) is 70.3 cm³/mol. The van der Waals surface area contributed by atoms with Crippen LogP contribution in [0.1, 0.15) is 20.8 Å². The highest BCUT2D eigenvalue weighted by Crippen LogP contribution is 2.27. The minimum Gasteiger partial charge on any atom is -0.480 e. The minimum absolute atomic E-state index is 0.275. The third-order valence-electron chi connectivity index (χ3n) is 2.41. The number of carbonyl (C=O) groups is 2. The average molecular weight is 250 g/mol. The van der Waals surface area contributed by atoms with Gasteiger partial charge in [0.15, 0.2) is 0 Å². The molecular formula is C13H18N2O3. The smallest absolute Gasteiger partial charge is 0.323 e. The van der Waals surface area contributed by atoms with E-state index in [2.05, 4.69) is 0 Å². The van der Waals surface area contributed by atoms with E-state index in [-0.39, 0.29) is 5.91 Å². The van der Waals surface area contributed by atoms with Crippen molar-refractivity contribution in [2.24, 2.45) is 5.41 Å². The molecule has 0 aliphatic heterocycles. The molecule has 0 bridgehead atoms. The van der Waals surface area contributed by atoms with Crippen LogP contribution in [0.25, 0.3) is 0 Å². The number of anilines is 2. The number of para-hydroxylation sites is 2. The van der Waals surface area contributed by atoms with Gasteiger partial charge in [0.05, 0.1) is 11.4 Å². The Morgan fingerprint density at radius 2 is 1.83 bits per heavy atom. The summed E-state index contributed by atoms with van der Waals surface area (Å²) in [5, 5.41) is 8.92. The molecule has 0 spiro atoms. The standard InChI is InChI=1S/C13H18N2O3/c1-13(2,3)12(18)15(8-11(16)17)10-7-5-4-6-9(10)14/h4-7H,8,14H2,1-3H3,(H,16,17). The zero-order valence-corrected chi connectivity index (χ0v) is 10.8. The van der Waals surface area contributed by atoms with Gasteiger partial charge in [0.25, 0.3) is 0 Å². The first-order valence-corrected chi connectivity index (χ1v) is 5.61. The van der Waals surface area contributed by atoms with Gasteiger partial charge >= 0.3 is 5.97 Å². The number of carbonyl (C=O) groups excluding carboxylic acids is 1. The molecule has 0 atom stereocenters. The Morgan fingerprint density at radius 3 is 2.28 bits per heavy atom. The summed E-state index contributed by atoms with van der Waals surface area (Å²) >= 11 is 0. The van der Waals surface area contributed by atoms with Gasteiger partial charge in [-0.05, 0) is 12.1 Å². The first-order chi connectivity index (χ1) is 8.23. The fraction of sp³-hybridized carbons (Fsp3) is 0.385. The summed E-state index contributed by atoms with van der Waals surface area (Å²) in [6, 6.07) is 6.73. The predicted octanol–water partition coefficient (Wildman–Crippen LogP) is 1.73. The summed E-state index contributed by atoms with van der Waals surface area (Å²) in [4.78, 5) is 24.4. The van der Waals surface area contributed by atoms with Crippen molar-refractivity contribution in [3.05, 3.63) is 24.3 Å². The molecule has 0 unspecified atom stereocenters. The number of carboxylic acids is 1. The van der Waals surface area contributed by atoms with Crippen LogP contribution in [-0.4, -0.2) is 23.5 Å². The Balaban J connectivity index is 3.18. The quantitative estimate of drug-likeness (QED) is 0.800. The van der Waals surface area contributed by atoms with Crippen LogP contribution in [0.4, 0.5) is 11.4 Å². The second-order valence-electron chi connectivity index (χ2n) is 5.09. The van der Waals surface area contributed by atoms with Crippen molar-refractivity contribution in [2.75, 3.05) is 17.2 Å². The van der Waals surface area contributed by atoms with E-state index in [0.717, 1.165) is 0 Å². The van der Waals surface area contributed by atoms with Gasteiger partial charge < -0.3 is 10.8 Å². The van der Waals surface area contributed by atoms with Crippen LogP contribution in [0.15, 0.2) is 24.3 Å². The molecule has 1 aromatic carbocycles. The number of nitrogens with two attached hydrogens (primary N) is 1. The van der Waals surface area contributed by atoms with E-state index in [0.29, 0.717) is 11.4 Å². The second-order valence-corrected chi connectivity index (χ2v) is 5.09. The lowest BCUT2D eigenvalue weighted by Gasteiger charge is -2.29. The number of hydrogen-bond donors (Lipinski definition) is 2. The van der Waals surface area contributed by atoms with E-state index in [1.165, 1.54) is 4.90 Å². The van der Waals surface area contributed by atoms with E-state index >= 15 is 0 Å². The summed E-state index contributed by atoms with van der Waals surface area (Å²) in [5.41, 5.74) is 5.94. The van der Waals surface area contributed by atoms with Gasteiger partial charge in [-0.3, -0.25) is 14.5 Å². The van der Waals surface area contributed by atoms with Crippen molar-refractivity contribution < 1.29 is 14.7 Å². The van der Waals surface area contributed by atoms with E-state index in [1.807, 2.05) is 0 Å². The fourth-order valence-electron chi connectivity index (χ4n) is 1.54. The third-order valence-corrected chi connectivity index (χ3v) is 2.41. The van der Waals surface area contributed by atoms with Crippen molar-refractivity contribution in [2.45, 2.75) is 20.8 Å². The monoisotopic (exact) mass is 250 g/mol. The Morgan fingerprint density at radius 1 is 1.28 bits per heavy atom. The Kier molecular flexibility index (Phi) is 3.96. The van der Waals surface area contributed by atoms with Gasteiger partial charge in [0, 0.05) is 5.41 Å². The Labute approximate surface area is 106 Å². The molecule has 5 heteroatoms. The Hall–Kier alpha value is -2.04. The van der Waals surface area contributed by atoms with Crippen molar-refractivity contribution in [3.8, 4) is 0 Å². The molecule has 0 aromatic heterocycles. The van der Waals surface area contributed by atoms with Crippen molar-refractivity contribution in [1.29, 1.82) is 0 Å². The number of nitrogens with zero attached hydrogens (tertiary/aromatic N) is 1. The summed E-state index contributed by atoms with van der Waals surface area (Å²) in [5.74, 6) is -1.35. The van der Waals surface area contributed by atoms with E-state index < -0.39 is 17.9 Å². The first-order valence-electron chi connectivity index (χ1n) is 5.61. The van der Waals surface area contributed by atoms with E-state index in [1.54, 1.807) is 45.0 Å². The molecule has 98 valence electrons. The molecule has 0 saturated heterocycles. The molecule has 3 N–H and O–H groups in total. The van der Waals surface area contributed by atoms with Crippen molar-refractivity contribution in [3.63, 3.8) is 0 Å². The lowest BCUT2D eigenvalue weighted by molar-refractivity contribution is -0.137. The minimum atomic E-state index is -1.07. The van der Waals surface area contributed by atoms with Gasteiger partial charge in [0.1, 0.15) is 6.54 Å². The molecule has 1 rings (SSSR count). The summed E-state index contributed by atoms with van der Waals surface area (Å²) in [7, 11) is 0. The van der Waals surface area contributed by atoms with Crippen LogP contribution in [0, 0.1) is 5.41 Å². The highest BCUT2D eigenvalue weighted by atomic mass is 16.4. The van der Waals surface area contributed by atoms with Crippen LogP contribution in [0.3, 0.4) is 0 Å². The van der Waals surface area contributed by atoms with Gasteiger partial charge in [0.2, 0.25) is 5.91 Å². The fourth-order valence-corrected chi connectivity index (χ4v) is 1.54. The van der Waals surface area contributed by atoms with Crippen LogP contribution < -0.4 is 10.6 Å². The molecule has 0 aliphatic rings. The van der Waals surface area contributed by atoms with E-state index in [9.17, 15) is 9.59 Å². The molecule has 1 aromatic rings. The van der Waals surface area contributed by atoms with Crippen LogP contribution in [-0.2, 0) is 9.59 Å². The number of hydrogen-bond acceptors (Lipinski definition) is 3.